The van der Waals surface area contributed by atoms with Crippen molar-refractivity contribution in [2.75, 3.05) is 37.1 Å². The average molecular weight is 387 g/mol. The summed E-state index contributed by atoms with van der Waals surface area (Å²) >= 11 is 6.07. The lowest BCUT2D eigenvalue weighted by molar-refractivity contribution is 0.0315. The number of halogens is 2. The number of benzene rings is 1. The summed E-state index contributed by atoms with van der Waals surface area (Å²) in [5, 5.41) is 4.06. The lowest BCUT2D eigenvalue weighted by atomic mass is 9.82. The zero-order valence-corrected chi connectivity index (χ0v) is 15.5. The maximum Gasteiger partial charge on any atom is 0.172 e. The molecule has 136 valence electrons. The molecule has 5 nitrogen and oxygen atoms in total. The van der Waals surface area contributed by atoms with Gasteiger partial charge in [-0.1, -0.05) is 11.6 Å². The highest BCUT2D eigenvalue weighted by Gasteiger charge is 2.36. The van der Waals surface area contributed by atoms with Gasteiger partial charge >= 0.3 is 0 Å². The van der Waals surface area contributed by atoms with Gasteiger partial charge in [0, 0.05) is 43.0 Å². The number of nitrogens with one attached hydrogen (secondary N) is 1. The Labute approximate surface area is 151 Å². The van der Waals surface area contributed by atoms with Gasteiger partial charge in [0.05, 0.1) is 16.5 Å². The summed E-state index contributed by atoms with van der Waals surface area (Å²) < 4.78 is 43.8. The van der Waals surface area contributed by atoms with Crippen molar-refractivity contribution in [2.24, 2.45) is 5.41 Å². The number of hydrogen-bond donors (Lipinski definition) is 1. The second kappa shape index (κ2) is 7.05. The highest BCUT2D eigenvalue weighted by molar-refractivity contribution is 7.90. The summed E-state index contributed by atoms with van der Waals surface area (Å²) in [6, 6.07) is 4.93. The van der Waals surface area contributed by atoms with Crippen molar-refractivity contribution >= 4 is 38.0 Å². The van der Waals surface area contributed by atoms with E-state index in [-0.39, 0.29) is 11.3 Å². The Morgan fingerprint density at radius 1 is 1.32 bits per heavy atom. The van der Waals surface area contributed by atoms with E-state index in [1.165, 1.54) is 12.5 Å². The van der Waals surface area contributed by atoms with Gasteiger partial charge in [-0.2, -0.15) is 0 Å². The molecular formula is C17H20ClFN2O3S. The van der Waals surface area contributed by atoms with Crippen LogP contribution in [-0.2, 0) is 14.6 Å². The van der Waals surface area contributed by atoms with Crippen LogP contribution in [0, 0.1) is 11.2 Å². The Bertz CT molecular complexity index is 883. The predicted molar refractivity (Wildman–Crippen MR) is 97.4 cm³/mol. The number of anilines is 1. The minimum atomic E-state index is -3.16. The molecule has 0 amide bonds. The molecule has 0 atom stereocenters. The van der Waals surface area contributed by atoms with E-state index in [0.29, 0.717) is 48.7 Å². The first kappa shape index (κ1) is 18.4. The molecule has 1 N–H and O–H groups in total. The molecule has 1 aliphatic rings. The minimum absolute atomic E-state index is 0.0512. The van der Waals surface area contributed by atoms with Gasteiger partial charge in [0.15, 0.2) is 5.82 Å². The van der Waals surface area contributed by atoms with Gasteiger partial charge in [-0.15, -0.1) is 0 Å². The van der Waals surface area contributed by atoms with E-state index in [2.05, 4.69) is 10.3 Å². The molecule has 1 aliphatic heterocycles. The van der Waals surface area contributed by atoms with Crippen LogP contribution in [0.25, 0.3) is 10.9 Å². The SMILES string of the molecule is CS(=O)(=O)CC1(CNc2ccc3c(Cl)ccnc3c2F)CCOCC1. The predicted octanol–water partition coefficient (Wildman–Crippen LogP) is 3.28. The first-order chi connectivity index (χ1) is 11.8. The maximum atomic E-state index is 14.7. The number of fused-ring (bicyclic) bond motifs is 1. The highest BCUT2D eigenvalue weighted by atomic mass is 35.5. The van der Waals surface area contributed by atoms with Gasteiger partial charge < -0.3 is 10.1 Å². The lowest BCUT2D eigenvalue weighted by Crippen LogP contribution is -2.41. The molecule has 3 rings (SSSR count). The Balaban J connectivity index is 1.86. The van der Waals surface area contributed by atoms with Gasteiger partial charge in [-0.05, 0) is 31.0 Å². The van der Waals surface area contributed by atoms with Crippen LogP contribution in [0.1, 0.15) is 12.8 Å². The van der Waals surface area contributed by atoms with Crippen LogP contribution in [0.3, 0.4) is 0 Å². The molecule has 0 bridgehead atoms. The quantitative estimate of drug-likeness (QED) is 0.854. The summed E-state index contributed by atoms with van der Waals surface area (Å²) in [5.41, 5.74) is 0.0258. The summed E-state index contributed by atoms with van der Waals surface area (Å²) in [7, 11) is -3.16. The Kier molecular flexibility index (Phi) is 5.18. The second-order valence-electron chi connectivity index (χ2n) is 6.65. The van der Waals surface area contributed by atoms with Crippen LogP contribution in [0.4, 0.5) is 10.1 Å². The van der Waals surface area contributed by atoms with E-state index < -0.39 is 21.1 Å². The van der Waals surface area contributed by atoms with E-state index in [1.54, 1.807) is 18.2 Å². The Morgan fingerprint density at radius 3 is 2.72 bits per heavy atom. The van der Waals surface area contributed by atoms with Gasteiger partial charge in [0.2, 0.25) is 0 Å². The molecule has 2 heterocycles. The fourth-order valence-corrected chi connectivity index (χ4v) is 5.01. The molecular weight excluding hydrogens is 367 g/mol. The largest absolute Gasteiger partial charge is 0.382 e. The van der Waals surface area contributed by atoms with Gasteiger partial charge in [0.25, 0.3) is 0 Å². The third-order valence-corrected chi connectivity index (χ3v) is 6.04. The Hall–Kier alpha value is -1.44. The second-order valence-corrected chi connectivity index (χ2v) is 9.20. The van der Waals surface area contributed by atoms with E-state index >= 15 is 0 Å². The number of ether oxygens (including phenoxy) is 1. The Morgan fingerprint density at radius 2 is 2.04 bits per heavy atom. The molecule has 0 aliphatic carbocycles. The fourth-order valence-electron chi connectivity index (χ4n) is 3.30. The third-order valence-electron chi connectivity index (χ3n) is 4.57. The van der Waals surface area contributed by atoms with Crippen molar-refractivity contribution in [3.63, 3.8) is 0 Å². The van der Waals surface area contributed by atoms with Gasteiger partial charge in [0.1, 0.15) is 15.4 Å². The van der Waals surface area contributed by atoms with E-state index in [4.69, 9.17) is 16.3 Å². The molecule has 1 fully saturated rings. The average Bonchev–Trinajstić information content (AvgIpc) is 2.54. The third kappa shape index (κ3) is 4.22. The van der Waals surface area contributed by atoms with Crippen molar-refractivity contribution in [1.82, 2.24) is 4.98 Å². The topological polar surface area (TPSA) is 68.3 Å². The first-order valence-electron chi connectivity index (χ1n) is 8.02. The molecule has 2 aromatic rings. The smallest absolute Gasteiger partial charge is 0.172 e. The lowest BCUT2D eigenvalue weighted by Gasteiger charge is -2.37. The van der Waals surface area contributed by atoms with E-state index in [9.17, 15) is 12.8 Å². The number of hydrogen-bond acceptors (Lipinski definition) is 5. The number of aromatic nitrogens is 1. The molecule has 1 saturated heterocycles. The van der Waals surface area contributed by atoms with Crippen LogP contribution in [0.5, 0.6) is 0 Å². The molecule has 0 spiro atoms. The number of sulfone groups is 1. The van der Waals surface area contributed by atoms with Crippen molar-refractivity contribution in [1.29, 1.82) is 0 Å². The van der Waals surface area contributed by atoms with Crippen LogP contribution in [-0.4, -0.2) is 45.2 Å². The van der Waals surface area contributed by atoms with E-state index in [1.807, 2.05) is 0 Å². The highest BCUT2D eigenvalue weighted by Crippen LogP contribution is 2.34. The van der Waals surface area contributed by atoms with Gasteiger partial charge in [-0.25, -0.2) is 12.8 Å². The normalized spacial score (nSPS) is 17.6. The molecule has 0 saturated carbocycles. The molecule has 0 radical (unpaired) electrons. The van der Waals surface area contributed by atoms with Crippen molar-refractivity contribution in [3.8, 4) is 0 Å². The van der Waals surface area contributed by atoms with Crippen LogP contribution in [0.2, 0.25) is 5.02 Å². The van der Waals surface area contributed by atoms with Gasteiger partial charge in [-0.3, -0.25) is 4.98 Å². The van der Waals surface area contributed by atoms with Crippen LogP contribution < -0.4 is 5.32 Å². The number of rotatable bonds is 5. The molecule has 1 aromatic carbocycles. The zero-order chi connectivity index (χ0) is 18.1. The standard InChI is InChI=1S/C17H20ClFN2O3S/c1-25(22,23)11-17(5-8-24-9-6-17)10-21-14-3-2-12-13(18)4-7-20-16(12)15(14)19/h2-4,7,21H,5-6,8-11H2,1H3. The number of nitrogens with zero attached hydrogens (tertiary/aromatic N) is 1. The van der Waals surface area contributed by atoms with Crippen molar-refractivity contribution in [2.45, 2.75) is 12.8 Å². The fraction of sp³-hybridized carbons (Fsp3) is 0.471. The number of pyridine rings is 1. The summed E-state index contributed by atoms with van der Waals surface area (Å²) in [4.78, 5) is 4.06. The van der Waals surface area contributed by atoms with Crippen molar-refractivity contribution in [3.05, 3.63) is 35.2 Å². The van der Waals surface area contributed by atoms with E-state index in [0.717, 1.165) is 0 Å². The minimum Gasteiger partial charge on any atom is -0.382 e. The summed E-state index contributed by atoms with van der Waals surface area (Å²) in [6.45, 7) is 1.37. The molecule has 25 heavy (non-hydrogen) atoms. The van der Waals surface area contributed by atoms with Crippen LogP contribution >= 0.6 is 11.6 Å². The monoisotopic (exact) mass is 386 g/mol. The zero-order valence-electron chi connectivity index (χ0n) is 13.9. The summed E-state index contributed by atoms with van der Waals surface area (Å²) in [6.07, 6.45) is 3.92. The van der Waals surface area contributed by atoms with Crippen molar-refractivity contribution < 1.29 is 17.5 Å². The molecule has 8 heteroatoms. The summed E-state index contributed by atoms with van der Waals surface area (Å²) in [5.74, 6) is -0.433. The maximum absolute atomic E-state index is 14.7. The first-order valence-corrected chi connectivity index (χ1v) is 10.5. The molecule has 0 unspecified atom stereocenters. The molecule has 1 aromatic heterocycles. The van der Waals surface area contributed by atoms with Crippen LogP contribution in [0.15, 0.2) is 24.4 Å².